The van der Waals surface area contributed by atoms with Crippen molar-refractivity contribution in [3.63, 3.8) is 0 Å². The molecule has 2 heterocycles. The Labute approximate surface area is 236 Å². The number of ether oxygens (including phenoxy) is 3. The van der Waals surface area contributed by atoms with E-state index in [1.54, 1.807) is 12.1 Å². The van der Waals surface area contributed by atoms with Gasteiger partial charge in [0, 0.05) is 31.8 Å². The first-order valence-electron chi connectivity index (χ1n) is 12.2. The zero-order valence-electron chi connectivity index (χ0n) is 21.8. The third kappa shape index (κ3) is 6.92. The number of carbonyl (C=O) groups is 1. The van der Waals surface area contributed by atoms with E-state index in [0.717, 1.165) is 19.6 Å². The lowest BCUT2D eigenvalue weighted by Crippen LogP contribution is -2.32. The van der Waals surface area contributed by atoms with Crippen LogP contribution in [0.15, 0.2) is 36.7 Å². The summed E-state index contributed by atoms with van der Waals surface area (Å²) in [7, 11) is 4.36. The SMILES string of the molecule is COc1cc(OC)c(Cl)c(NC(=O)N(C)c2cc(Nc3ccc(OCCN4CCCC4)cc3F)ncn2)c1Cl. The highest BCUT2D eigenvalue weighted by Gasteiger charge is 2.22. The van der Waals surface area contributed by atoms with Crippen LogP contribution in [0.2, 0.25) is 10.0 Å². The summed E-state index contributed by atoms with van der Waals surface area (Å²) in [4.78, 5) is 24.8. The molecule has 0 atom stereocenters. The van der Waals surface area contributed by atoms with Gasteiger partial charge in [0.05, 0.1) is 25.6 Å². The number of anilines is 4. The number of rotatable bonds is 10. The van der Waals surface area contributed by atoms with Gasteiger partial charge in [-0.05, 0) is 38.1 Å². The van der Waals surface area contributed by atoms with Crippen molar-refractivity contribution in [1.82, 2.24) is 14.9 Å². The Morgan fingerprint density at radius 1 is 1.08 bits per heavy atom. The molecule has 13 heteroatoms. The van der Waals surface area contributed by atoms with Gasteiger partial charge in [0.25, 0.3) is 0 Å². The molecule has 0 bridgehead atoms. The number of nitrogens with one attached hydrogen (secondary N) is 2. The fraction of sp³-hybridized carbons (Fsp3) is 0.346. The molecule has 2 aromatic carbocycles. The summed E-state index contributed by atoms with van der Waals surface area (Å²) in [6.07, 6.45) is 3.67. The number of methoxy groups -OCH3 is 2. The second kappa shape index (κ2) is 13.0. The molecule has 1 aliphatic rings. The van der Waals surface area contributed by atoms with Crippen LogP contribution in [0.3, 0.4) is 0 Å². The topological polar surface area (TPSA) is 101 Å². The van der Waals surface area contributed by atoms with Gasteiger partial charge in [-0.25, -0.2) is 19.2 Å². The third-order valence-electron chi connectivity index (χ3n) is 6.18. The van der Waals surface area contributed by atoms with Crippen molar-refractivity contribution in [2.24, 2.45) is 0 Å². The van der Waals surface area contributed by atoms with E-state index in [9.17, 15) is 9.18 Å². The molecule has 0 saturated carbocycles. The fourth-order valence-corrected chi connectivity index (χ4v) is 4.61. The number of urea groups is 1. The highest BCUT2D eigenvalue weighted by Crippen LogP contribution is 2.44. The van der Waals surface area contributed by atoms with Crippen LogP contribution >= 0.6 is 23.2 Å². The molecule has 1 aromatic heterocycles. The summed E-state index contributed by atoms with van der Waals surface area (Å²) in [6, 6.07) is 6.99. The monoisotopic (exact) mass is 578 g/mol. The number of amides is 2. The molecule has 4 rings (SSSR count). The fourth-order valence-electron chi connectivity index (χ4n) is 4.01. The van der Waals surface area contributed by atoms with Gasteiger partial charge >= 0.3 is 6.03 Å². The largest absolute Gasteiger partial charge is 0.495 e. The minimum atomic E-state index is -0.597. The van der Waals surface area contributed by atoms with Crippen LogP contribution in [0.1, 0.15) is 12.8 Å². The van der Waals surface area contributed by atoms with Crippen molar-refractivity contribution in [2.45, 2.75) is 12.8 Å². The van der Waals surface area contributed by atoms with Crippen molar-refractivity contribution in [1.29, 1.82) is 0 Å². The molecule has 1 saturated heterocycles. The van der Waals surface area contributed by atoms with Gasteiger partial charge in [0.2, 0.25) is 0 Å². The minimum Gasteiger partial charge on any atom is -0.495 e. The average molecular weight is 579 g/mol. The first kappa shape index (κ1) is 28.5. The molecule has 1 aliphatic heterocycles. The molecule has 39 heavy (non-hydrogen) atoms. The normalized spacial score (nSPS) is 13.2. The number of hydrogen-bond donors (Lipinski definition) is 2. The molecule has 0 unspecified atom stereocenters. The van der Waals surface area contributed by atoms with Crippen LogP contribution in [0, 0.1) is 5.82 Å². The number of likely N-dealkylation sites (tertiary alicyclic amines) is 1. The minimum absolute atomic E-state index is 0.106. The Hall–Kier alpha value is -3.54. The van der Waals surface area contributed by atoms with Gasteiger partial charge in [-0.15, -0.1) is 0 Å². The van der Waals surface area contributed by atoms with E-state index >= 15 is 0 Å². The second-order valence-electron chi connectivity index (χ2n) is 8.70. The smallest absolute Gasteiger partial charge is 0.327 e. The summed E-state index contributed by atoms with van der Waals surface area (Å²) in [5.41, 5.74) is 0.310. The van der Waals surface area contributed by atoms with Crippen LogP contribution in [0.25, 0.3) is 0 Å². The maximum Gasteiger partial charge on any atom is 0.327 e. The van der Waals surface area contributed by atoms with E-state index in [2.05, 4.69) is 25.5 Å². The number of carbonyl (C=O) groups excluding carboxylic acids is 1. The molecule has 0 radical (unpaired) electrons. The number of hydrogen-bond acceptors (Lipinski definition) is 8. The zero-order chi connectivity index (χ0) is 27.9. The molecule has 2 N–H and O–H groups in total. The standard InChI is InChI=1S/C26H29Cl2FN6O4/c1-34(26(36)33-25-23(27)19(37-2)13-20(38-3)24(25)28)22-14-21(30-15-31-22)32-18-7-6-16(12-17(18)29)39-11-10-35-8-4-5-9-35/h6-7,12-15H,4-5,8-11H2,1-3H3,(H,33,36)(H,30,31,32). The Bertz CT molecular complexity index is 1300. The molecular formula is C26H29Cl2FN6O4. The van der Waals surface area contributed by atoms with Crippen molar-refractivity contribution in [3.8, 4) is 17.2 Å². The second-order valence-corrected chi connectivity index (χ2v) is 9.45. The molecule has 0 aliphatic carbocycles. The number of halogens is 3. The van der Waals surface area contributed by atoms with Crippen LogP contribution in [0.4, 0.5) is 32.2 Å². The van der Waals surface area contributed by atoms with E-state index < -0.39 is 11.8 Å². The highest BCUT2D eigenvalue weighted by molar-refractivity contribution is 6.41. The Morgan fingerprint density at radius 2 is 1.77 bits per heavy atom. The van der Waals surface area contributed by atoms with Crippen LogP contribution in [-0.2, 0) is 0 Å². The quantitative estimate of drug-likeness (QED) is 0.310. The average Bonchev–Trinajstić information content (AvgIpc) is 3.46. The lowest BCUT2D eigenvalue weighted by Gasteiger charge is -2.20. The molecule has 3 aromatic rings. The Kier molecular flexibility index (Phi) is 9.50. The molecule has 0 spiro atoms. The summed E-state index contributed by atoms with van der Waals surface area (Å²) >= 11 is 12.7. The zero-order valence-corrected chi connectivity index (χ0v) is 23.3. The predicted octanol–water partition coefficient (Wildman–Crippen LogP) is 5.83. The van der Waals surface area contributed by atoms with E-state index in [-0.39, 0.29) is 44.6 Å². The number of nitrogens with zero attached hydrogens (tertiary/aromatic N) is 4. The number of aromatic nitrogens is 2. The third-order valence-corrected chi connectivity index (χ3v) is 6.94. The van der Waals surface area contributed by atoms with Gasteiger partial charge in [-0.3, -0.25) is 9.80 Å². The van der Waals surface area contributed by atoms with E-state index in [4.69, 9.17) is 37.4 Å². The van der Waals surface area contributed by atoms with Gasteiger partial charge in [0.15, 0.2) is 0 Å². The van der Waals surface area contributed by atoms with Crippen molar-refractivity contribution in [2.75, 3.05) is 63.0 Å². The van der Waals surface area contributed by atoms with Crippen LogP contribution in [0.5, 0.6) is 17.2 Å². The van der Waals surface area contributed by atoms with Crippen molar-refractivity contribution >= 4 is 52.2 Å². The van der Waals surface area contributed by atoms with Gasteiger partial charge in [-0.1, -0.05) is 23.2 Å². The van der Waals surface area contributed by atoms with Crippen LogP contribution < -0.4 is 29.7 Å². The van der Waals surface area contributed by atoms with Gasteiger partial charge < -0.3 is 24.8 Å². The molecule has 10 nitrogen and oxygen atoms in total. The lowest BCUT2D eigenvalue weighted by molar-refractivity contribution is 0.237. The first-order chi connectivity index (χ1) is 18.8. The van der Waals surface area contributed by atoms with Crippen LogP contribution in [-0.4, -0.2) is 68.4 Å². The summed E-state index contributed by atoms with van der Waals surface area (Å²) in [6.45, 7) is 3.47. The molecular weight excluding hydrogens is 550 g/mol. The molecule has 208 valence electrons. The maximum absolute atomic E-state index is 14.8. The highest BCUT2D eigenvalue weighted by atomic mass is 35.5. The van der Waals surface area contributed by atoms with Gasteiger partial charge in [0.1, 0.15) is 57.7 Å². The summed E-state index contributed by atoms with van der Waals surface area (Å²) in [5.74, 6) is 0.998. The predicted molar refractivity (Wildman–Crippen MR) is 150 cm³/mol. The summed E-state index contributed by atoms with van der Waals surface area (Å²) in [5, 5.41) is 5.77. The molecule has 2 amide bonds. The van der Waals surface area contributed by atoms with Crippen molar-refractivity contribution < 1.29 is 23.4 Å². The van der Waals surface area contributed by atoms with Gasteiger partial charge in [-0.2, -0.15) is 0 Å². The maximum atomic E-state index is 14.8. The van der Waals surface area contributed by atoms with E-state index in [1.165, 1.54) is 63.5 Å². The first-order valence-corrected chi connectivity index (χ1v) is 12.9. The lowest BCUT2D eigenvalue weighted by atomic mass is 10.2. The van der Waals surface area contributed by atoms with E-state index in [1.807, 2.05) is 0 Å². The number of benzene rings is 2. The van der Waals surface area contributed by atoms with Crippen molar-refractivity contribution in [3.05, 3.63) is 52.5 Å². The van der Waals surface area contributed by atoms with E-state index in [0.29, 0.717) is 12.4 Å². The molecule has 1 fully saturated rings. The summed E-state index contributed by atoms with van der Waals surface area (Å²) < 4.78 is 31.0. The Balaban J connectivity index is 1.42. The Morgan fingerprint density at radius 3 is 2.41 bits per heavy atom.